The van der Waals surface area contributed by atoms with Crippen LogP contribution in [0.15, 0.2) is 66.7 Å². The van der Waals surface area contributed by atoms with Gasteiger partial charge in [0.2, 0.25) is 0 Å². The summed E-state index contributed by atoms with van der Waals surface area (Å²) in [5.41, 5.74) is 7.80. The number of benzene rings is 3. The first-order valence-corrected chi connectivity index (χ1v) is 10.7. The highest BCUT2D eigenvalue weighted by Gasteiger charge is 2.23. The van der Waals surface area contributed by atoms with Gasteiger partial charge in [0.25, 0.3) is 0 Å². The van der Waals surface area contributed by atoms with E-state index in [1.54, 1.807) is 0 Å². The molecule has 1 aliphatic heterocycles. The minimum absolute atomic E-state index is 0.282. The Hall–Kier alpha value is -2.72. The van der Waals surface area contributed by atoms with E-state index in [1.807, 2.05) is 12.1 Å². The molecule has 1 heterocycles. The Kier molecular flexibility index (Phi) is 5.40. The molecule has 4 rings (SSSR count). The third kappa shape index (κ3) is 3.52. The van der Waals surface area contributed by atoms with Gasteiger partial charge in [-0.25, -0.2) is 9.11 Å². The van der Waals surface area contributed by atoms with Gasteiger partial charge in [0.15, 0.2) is 0 Å². The van der Waals surface area contributed by atoms with Gasteiger partial charge in [-0.1, -0.05) is 43.3 Å². The van der Waals surface area contributed by atoms with Crippen LogP contribution in [0, 0.1) is 5.82 Å². The summed E-state index contributed by atoms with van der Waals surface area (Å²) >= 11 is 1.11. The number of fused-ring (bicyclic) bond motifs is 2. The third-order valence-corrected chi connectivity index (χ3v) is 5.47. The Morgan fingerprint density at radius 1 is 1.04 bits per heavy atom. The zero-order valence-corrected chi connectivity index (χ0v) is 16.9. The summed E-state index contributed by atoms with van der Waals surface area (Å²) in [6, 6.07) is 21.6. The van der Waals surface area contributed by atoms with Crippen LogP contribution in [-0.2, 0) is 18.6 Å². The number of hydrogen-bond donors (Lipinski definition) is 1. The number of hydrogen-bond acceptors (Lipinski definition) is 2. The fraction of sp³-hybridized carbons (Fsp3) is 0.167. The maximum atomic E-state index is 13.9. The normalized spacial score (nSPS) is 14.4. The molecule has 3 aromatic rings. The molecule has 142 valence electrons. The molecule has 28 heavy (non-hydrogen) atoms. The average Bonchev–Trinajstić information content (AvgIpc) is 2.87. The van der Waals surface area contributed by atoms with Crippen molar-refractivity contribution < 1.29 is 9.13 Å². The zero-order chi connectivity index (χ0) is 19.5. The zero-order valence-electron chi connectivity index (χ0n) is 16.0. The third-order valence-electron chi connectivity index (χ3n) is 4.99. The van der Waals surface area contributed by atoms with Gasteiger partial charge in [-0.15, -0.1) is 0 Å². The summed E-state index contributed by atoms with van der Waals surface area (Å²) in [5.74, 6) is 0.314. The smallest absolute Gasteiger partial charge is 0.130 e. The molecule has 0 fully saturated rings. The lowest BCUT2D eigenvalue weighted by Crippen LogP contribution is -1.98. The van der Waals surface area contributed by atoms with Crippen molar-refractivity contribution in [1.29, 1.82) is 0 Å². The average molecular weight is 393 g/mol. The molecule has 0 spiro atoms. The van der Waals surface area contributed by atoms with Crippen LogP contribution in [-0.4, -0.2) is 6.26 Å². The maximum absolute atomic E-state index is 13.9. The highest BCUT2D eigenvalue weighted by atomic mass is 32.2. The number of ether oxygens (including phenoxy) is 1. The lowest BCUT2D eigenvalue weighted by Gasteiger charge is -2.17. The minimum atomic E-state index is -0.282. The number of thiol groups is 1. The molecule has 0 saturated heterocycles. The Balaban J connectivity index is 2.01. The summed E-state index contributed by atoms with van der Waals surface area (Å²) in [5, 5.41) is 0. The molecule has 2 nitrogen and oxygen atoms in total. The molecule has 0 unspecified atom stereocenters. The minimum Gasteiger partial charge on any atom is -0.488 e. The molecule has 0 saturated carbocycles. The number of halogens is 1. The highest BCUT2D eigenvalue weighted by Crippen LogP contribution is 2.42. The molecule has 0 amide bonds. The van der Waals surface area contributed by atoms with Gasteiger partial charge in [-0.3, -0.25) is 0 Å². The van der Waals surface area contributed by atoms with Crippen LogP contribution in [0.2, 0.25) is 0 Å². The van der Waals surface area contributed by atoms with E-state index in [0.29, 0.717) is 12.4 Å². The van der Waals surface area contributed by atoms with Crippen molar-refractivity contribution in [3.8, 4) is 5.75 Å². The van der Waals surface area contributed by atoms with Crippen LogP contribution in [0.25, 0.3) is 11.1 Å². The Bertz CT molecular complexity index is 1040. The number of anilines is 1. The van der Waals surface area contributed by atoms with Crippen LogP contribution in [0.4, 0.5) is 10.1 Å². The van der Waals surface area contributed by atoms with Gasteiger partial charge in [0, 0.05) is 11.6 Å². The second-order valence-electron chi connectivity index (χ2n) is 6.71. The first kappa shape index (κ1) is 18.6. The summed E-state index contributed by atoms with van der Waals surface area (Å²) in [7, 11) is 0. The van der Waals surface area contributed by atoms with Crippen LogP contribution in [0.1, 0.15) is 35.6 Å². The van der Waals surface area contributed by atoms with Crippen LogP contribution in [0.3, 0.4) is 0 Å². The first-order chi connectivity index (χ1) is 13.7. The predicted molar refractivity (Wildman–Crippen MR) is 118 cm³/mol. The van der Waals surface area contributed by atoms with Crippen molar-refractivity contribution >= 4 is 28.8 Å². The fourth-order valence-electron chi connectivity index (χ4n) is 3.77. The van der Waals surface area contributed by atoms with Crippen molar-refractivity contribution in [2.45, 2.75) is 20.0 Å². The summed E-state index contributed by atoms with van der Waals surface area (Å²) in [6.45, 7) is 2.60. The Morgan fingerprint density at radius 2 is 1.89 bits per heavy atom. The predicted octanol–water partition coefficient (Wildman–Crippen LogP) is 5.86. The lowest BCUT2D eigenvalue weighted by atomic mass is 9.86. The lowest BCUT2D eigenvalue weighted by molar-refractivity contribution is 0.305. The summed E-state index contributed by atoms with van der Waals surface area (Å²) < 4.78 is 23.3. The second kappa shape index (κ2) is 8.11. The molecule has 0 radical (unpaired) electrons. The van der Waals surface area contributed by atoms with E-state index in [-0.39, 0.29) is 5.82 Å². The van der Waals surface area contributed by atoms with Crippen LogP contribution in [0.5, 0.6) is 5.75 Å². The van der Waals surface area contributed by atoms with E-state index < -0.39 is 0 Å². The van der Waals surface area contributed by atoms with Gasteiger partial charge in [-0.05, 0) is 58.5 Å². The molecule has 0 aliphatic carbocycles. The maximum Gasteiger partial charge on any atom is 0.130 e. The molecule has 3 aromatic carbocycles. The molecule has 0 bridgehead atoms. The number of nitrogens with one attached hydrogen (secondary N) is 1. The first-order valence-electron chi connectivity index (χ1n) is 9.40. The van der Waals surface area contributed by atoms with Crippen molar-refractivity contribution in [2.75, 3.05) is 11.0 Å². The standard InChI is InChI=1S/C24H22FNOS/c1-3-20(16-8-6-9-19(13-16)26-28-2)24-21-10-5-4-7-17(21)15-27-23-14-18(25)11-12-22(23)24/h4-14,26H,3,15H2,1-2H3/p+1/b24-20-. The Morgan fingerprint density at radius 3 is 2.71 bits per heavy atom. The monoisotopic (exact) mass is 392 g/mol. The molecule has 1 aliphatic rings. The quantitative estimate of drug-likeness (QED) is 0.444. The van der Waals surface area contributed by atoms with E-state index in [2.05, 4.69) is 60.4 Å². The van der Waals surface area contributed by atoms with E-state index in [0.717, 1.165) is 51.9 Å². The second-order valence-corrected chi connectivity index (χ2v) is 7.38. The van der Waals surface area contributed by atoms with Crippen molar-refractivity contribution in [1.82, 2.24) is 0 Å². The van der Waals surface area contributed by atoms with Gasteiger partial charge < -0.3 is 4.74 Å². The van der Waals surface area contributed by atoms with E-state index in [1.165, 1.54) is 17.7 Å². The SMILES string of the molecule is CC/C(=C1\c2ccccc2COc2cc(F)ccc21)c1cccc(N[SH+]C)c1. The molecular formula is C24H23FNOS+. The van der Waals surface area contributed by atoms with E-state index in [9.17, 15) is 4.39 Å². The van der Waals surface area contributed by atoms with E-state index >= 15 is 0 Å². The van der Waals surface area contributed by atoms with Crippen LogP contribution < -0.4 is 9.46 Å². The topological polar surface area (TPSA) is 21.3 Å². The largest absolute Gasteiger partial charge is 0.488 e. The van der Waals surface area contributed by atoms with Crippen LogP contribution >= 0.6 is 0 Å². The molecule has 0 atom stereocenters. The van der Waals surface area contributed by atoms with Crippen molar-refractivity contribution in [2.24, 2.45) is 0 Å². The van der Waals surface area contributed by atoms with E-state index in [4.69, 9.17) is 4.74 Å². The van der Waals surface area contributed by atoms with Crippen molar-refractivity contribution in [3.63, 3.8) is 0 Å². The molecular weight excluding hydrogens is 369 g/mol. The Labute approximate surface area is 169 Å². The summed E-state index contributed by atoms with van der Waals surface area (Å²) in [6.07, 6.45) is 2.92. The molecule has 0 aromatic heterocycles. The van der Waals surface area contributed by atoms with Gasteiger partial charge in [0.1, 0.15) is 24.4 Å². The van der Waals surface area contributed by atoms with Gasteiger partial charge in [-0.2, -0.15) is 0 Å². The van der Waals surface area contributed by atoms with Gasteiger partial charge >= 0.3 is 0 Å². The number of rotatable bonds is 4. The van der Waals surface area contributed by atoms with Gasteiger partial charge in [0.05, 0.1) is 17.6 Å². The fourth-order valence-corrected chi connectivity index (χ4v) is 4.17. The highest BCUT2D eigenvalue weighted by molar-refractivity contribution is 7.79. The molecule has 1 N–H and O–H groups in total. The number of allylic oxidation sites excluding steroid dienone is 1. The van der Waals surface area contributed by atoms with Crippen molar-refractivity contribution in [3.05, 3.63) is 94.8 Å². The molecule has 4 heteroatoms. The summed E-state index contributed by atoms with van der Waals surface area (Å²) in [4.78, 5) is 0.